The number of fused-ring (bicyclic) bond motifs is 1. The molecule has 98 valence electrons. The Hall–Kier alpha value is -1.09. The largest absolute Gasteiger partial charge is 0.485 e. The summed E-state index contributed by atoms with van der Waals surface area (Å²) < 4.78 is 17.1. The average Bonchev–Trinajstić information content (AvgIpc) is 2.35. The predicted molar refractivity (Wildman–Crippen MR) is 72.2 cm³/mol. The number of hydrogen-bond donors (Lipinski definition) is 0. The molecular formula is C11H12INO5. The lowest BCUT2D eigenvalue weighted by atomic mass is 10.2. The normalized spacial score (nSPS) is 17.6. The summed E-state index contributed by atoms with van der Waals surface area (Å²) in [6.45, 7) is 3.29. The van der Waals surface area contributed by atoms with E-state index in [4.69, 9.17) is 14.2 Å². The molecule has 0 saturated heterocycles. The first kappa shape index (κ1) is 13.3. The van der Waals surface area contributed by atoms with E-state index >= 15 is 0 Å². The molecule has 0 fully saturated rings. The number of non-ortho nitro benzene ring substituents is 1. The predicted octanol–water partition coefficient (Wildman–Crippen LogP) is 2.38. The van der Waals surface area contributed by atoms with Gasteiger partial charge in [-0.25, -0.2) is 0 Å². The lowest BCUT2D eigenvalue weighted by molar-refractivity contribution is -0.385. The molecule has 1 heterocycles. The minimum atomic E-state index is -0.446. The van der Waals surface area contributed by atoms with Crippen LogP contribution in [-0.2, 0) is 4.74 Å². The van der Waals surface area contributed by atoms with Crippen LogP contribution in [-0.4, -0.2) is 30.8 Å². The fourth-order valence-electron chi connectivity index (χ4n) is 1.61. The standard InChI is InChI=1S/C11H12INO5/c1-2-16-5-8-6-17-11-9(12)3-7(13(14)15)4-10(11)18-8/h3-4,8H,2,5-6H2,1H3. The molecule has 1 aromatic rings. The molecule has 1 aliphatic rings. The van der Waals surface area contributed by atoms with E-state index in [9.17, 15) is 10.1 Å². The smallest absolute Gasteiger partial charge is 0.274 e. The van der Waals surface area contributed by atoms with Crippen LogP contribution in [0.5, 0.6) is 11.5 Å². The fourth-order valence-corrected chi connectivity index (χ4v) is 2.35. The van der Waals surface area contributed by atoms with E-state index in [2.05, 4.69) is 0 Å². The van der Waals surface area contributed by atoms with E-state index in [0.717, 1.165) is 0 Å². The molecular weight excluding hydrogens is 353 g/mol. The van der Waals surface area contributed by atoms with E-state index in [-0.39, 0.29) is 11.8 Å². The molecule has 0 radical (unpaired) electrons. The van der Waals surface area contributed by atoms with Gasteiger partial charge in [-0.05, 0) is 29.5 Å². The highest BCUT2D eigenvalue weighted by atomic mass is 127. The van der Waals surface area contributed by atoms with Gasteiger partial charge in [-0.15, -0.1) is 0 Å². The van der Waals surface area contributed by atoms with Gasteiger partial charge in [0.2, 0.25) is 0 Å². The van der Waals surface area contributed by atoms with Crippen LogP contribution in [0.15, 0.2) is 12.1 Å². The lowest BCUT2D eigenvalue weighted by Crippen LogP contribution is -2.33. The Balaban J connectivity index is 2.22. The summed E-state index contributed by atoms with van der Waals surface area (Å²) in [5.74, 6) is 0.971. The van der Waals surface area contributed by atoms with Crippen LogP contribution in [0.25, 0.3) is 0 Å². The number of hydrogen-bond acceptors (Lipinski definition) is 5. The zero-order valence-corrected chi connectivity index (χ0v) is 11.9. The molecule has 1 aromatic carbocycles. The van der Waals surface area contributed by atoms with Crippen molar-refractivity contribution in [3.05, 3.63) is 25.8 Å². The van der Waals surface area contributed by atoms with Crippen LogP contribution >= 0.6 is 22.6 Å². The van der Waals surface area contributed by atoms with Crippen molar-refractivity contribution < 1.29 is 19.1 Å². The van der Waals surface area contributed by atoms with Gasteiger partial charge < -0.3 is 14.2 Å². The van der Waals surface area contributed by atoms with Gasteiger partial charge in [0, 0.05) is 12.7 Å². The zero-order chi connectivity index (χ0) is 13.1. The third kappa shape index (κ3) is 2.83. The van der Waals surface area contributed by atoms with E-state index in [1.54, 1.807) is 0 Å². The van der Waals surface area contributed by atoms with Crippen molar-refractivity contribution in [1.29, 1.82) is 0 Å². The second-order valence-corrected chi connectivity index (χ2v) is 4.88. The van der Waals surface area contributed by atoms with Crippen molar-refractivity contribution in [3.63, 3.8) is 0 Å². The molecule has 0 spiro atoms. The van der Waals surface area contributed by atoms with Gasteiger partial charge in [0.15, 0.2) is 17.6 Å². The summed E-state index contributed by atoms with van der Waals surface area (Å²) in [5, 5.41) is 10.8. The quantitative estimate of drug-likeness (QED) is 0.466. The molecule has 0 amide bonds. The second kappa shape index (κ2) is 5.70. The number of ether oxygens (including phenoxy) is 3. The molecule has 1 aliphatic heterocycles. The van der Waals surface area contributed by atoms with Crippen molar-refractivity contribution in [1.82, 2.24) is 0 Å². The van der Waals surface area contributed by atoms with Crippen LogP contribution in [0.4, 0.5) is 5.69 Å². The van der Waals surface area contributed by atoms with Crippen molar-refractivity contribution >= 4 is 28.3 Å². The van der Waals surface area contributed by atoms with Gasteiger partial charge in [-0.3, -0.25) is 10.1 Å². The van der Waals surface area contributed by atoms with Crippen LogP contribution in [0.2, 0.25) is 0 Å². The Morgan fingerprint density at radius 2 is 2.39 bits per heavy atom. The molecule has 18 heavy (non-hydrogen) atoms. The molecule has 0 saturated carbocycles. The molecule has 0 bridgehead atoms. The number of rotatable bonds is 4. The van der Waals surface area contributed by atoms with Crippen LogP contribution in [0.3, 0.4) is 0 Å². The van der Waals surface area contributed by atoms with Gasteiger partial charge in [0.1, 0.15) is 6.61 Å². The van der Waals surface area contributed by atoms with Gasteiger partial charge in [0.05, 0.1) is 21.2 Å². The molecule has 6 nitrogen and oxygen atoms in total. The topological polar surface area (TPSA) is 70.8 Å². The minimum absolute atomic E-state index is 0.00110. The van der Waals surface area contributed by atoms with Gasteiger partial charge in [-0.2, -0.15) is 0 Å². The van der Waals surface area contributed by atoms with E-state index in [0.29, 0.717) is 34.9 Å². The van der Waals surface area contributed by atoms with Crippen LogP contribution in [0.1, 0.15) is 6.92 Å². The Morgan fingerprint density at radius 1 is 1.61 bits per heavy atom. The first-order chi connectivity index (χ1) is 8.61. The highest BCUT2D eigenvalue weighted by molar-refractivity contribution is 14.1. The van der Waals surface area contributed by atoms with E-state index in [1.165, 1.54) is 12.1 Å². The summed E-state index contributed by atoms with van der Waals surface area (Å²) in [4.78, 5) is 10.3. The van der Waals surface area contributed by atoms with Crippen molar-refractivity contribution in [3.8, 4) is 11.5 Å². The first-order valence-electron chi connectivity index (χ1n) is 5.47. The summed E-state index contributed by atoms with van der Waals surface area (Å²) >= 11 is 2.00. The maximum atomic E-state index is 10.8. The maximum Gasteiger partial charge on any atom is 0.274 e. The van der Waals surface area contributed by atoms with E-state index < -0.39 is 4.92 Å². The van der Waals surface area contributed by atoms with Crippen LogP contribution in [0, 0.1) is 13.7 Å². The summed E-state index contributed by atoms with van der Waals surface area (Å²) in [6, 6.07) is 2.85. The van der Waals surface area contributed by atoms with Gasteiger partial charge in [0.25, 0.3) is 5.69 Å². The highest BCUT2D eigenvalue weighted by Crippen LogP contribution is 2.39. The number of nitro benzene ring substituents is 1. The van der Waals surface area contributed by atoms with Crippen molar-refractivity contribution in [2.45, 2.75) is 13.0 Å². The SMILES string of the molecule is CCOCC1COc2c(I)cc([N+](=O)[O-])cc2O1. The third-order valence-electron chi connectivity index (χ3n) is 2.42. The Bertz CT molecular complexity index is 465. The lowest BCUT2D eigenvalue weighted by Gasteiger charge is -2.26. The molecule has 1 atom stereocenters. The highest BCUT2D eigenvalue weighted by Gasteiger charge is 2.26. The molecule has 7 heteroatoms. The summed E-state index contributed by atoms with van der Waals surface area (Å²) in [6.07, 6.45) is -0.227. The van der Waals surface area contributed by atoms with Crippen molar-refractivity contribution in [2.75, 3.05) is 19.8 Å². The zero-order valence-electron chi connectivity index (χ0n) is 9.72. The summed E-state index contributed by atoms with van der Waals surface area (Å²) in [7, 11) is 0. The minimum Gasteiger partial charge on any atom is -0.485 e. The van der Waals surface area contributed by atoms with Crippen LogP contribution < -0.4 is 9.47 Å². The van der Waals surface area contributed by atoms with E-state index in [1.807, 2.05) is 29.5 Å². The Labute approximate surface area is 118 Å². The number of halogens is 1. The van der Waals surface area contributed by atoms with Gasteiger partial charge in [-0.1, -0.05) is 0 Å². The molecule has 2 rings (SSSR count). The molecule has 0 aliphatic carbocycles. The second-order valence-electron chi connectivity index (χ2n) is 3.72. The number of benzene rings is 1. The average molecular weight is 365 g/mol. The molecule has 0 N–H and O–H groups in total. The summed E-state index contributed by atoms with van der Waals surface area (Å²) in [5.41, 5.74) is -0.00110. The maximum absolute atomic E-state index is 10.8. The number of nitrogens with zero attached hydrogens (tertiary/aromatic N) is 1. The Morgan fingerprint density at radius 3 is 3.06 bits per heavy atom. The van der Waals surface area contributed by atoms with Gasteiger partial charge >= 0.3 is 0 Å². The fraction of sp³-hybridized carbons (Fsp3) is 0.455. The monoisotopic (exact) mass is 365 g/mol. The van der Waals surface area contributed by atoms with Crippen molar-refractivity contribution in [2.24, 2.45) is 0 Å². The Kier molecular flexibility index (Phi) is 4.23. The molecule has 0 aromatic heterocycles. The number of nitro groups is 1. The third-order valence-corrected chi connectivity index (χ3v) is 3.22. The first-order valence-corrected chi connectivity index (χ1v) is 6.54. The molecule has 1 unspecified atom stereocenters.